The molecular formula is C12H17ClO2S. The lowest BCUT2D eigenvalue weighted by Crippen LogP contribution is -2.37. The summed E-state index contributed by atoms with van der Waals surface area (Å²) in [6, 6.07) is 3.70. The number of methoxy groups -OCH3 is 1. The maximum atomic E-state index is 12.0. The molecule has 0 aliphatic heterocycles. The highest BCUT2D eigenvalue weighted by Gasteiger charge is 2.31. The summed E-state index contributed by atoms with van der Waals surface area (Å²) in [5.74, 6) is 0.105. The van der Waals surface area contributed by atoms with Gasteiger partial charge in [-0.2, -0.15) is 0 Å². The van der Waals surface area contributed by atoms with E-state index in [2.05, 4.69) is 0 Å². The lowest BCUT2D eigenvalue weighted by Gasteiger charge is -2.27. The van der Waals surface area contributed by atoms with Crippen molar-refractivity contribution in [3.63, 3.8) is 0 Å². The average Bonchev–Trinajstić information content (AvgIpc) is 2.49. The Kier molecular flexibility index (Phi) is 4.53. The molecule has 0 aromatic carbocycles. The van der Waals surface area contributed by atoms with Crippen LogP contribution in [0.5, 0.6) is 0 Å². The maximum Gasteiger partial charge on any atom is 0.167 e. The van der Waals surface area contributed by atoms with Crippen LogP contribution in [0.4, 0.5) is 0 Å². The predicted octanol–water partition coefficient (Wildman–Crippen LogP) is 3.57. The number of Topliss-reactive ketones (excluding diaryl/α,β-unsaturated/α-hetero) is 1. The van der Waals surface area contributed by atoms with Crippen LogP contribution >= 0.6 is 22.9 Å². The zero-order valence-electron chi connectivity index (χ0n) is 10.0. The molecule has 0 saturated heterocycles. The zero-order valence-corrected chi connectivity index (χ0v) is 11.6. The number of hydrogen-bond acceptors (Lipinski definition) is 3. The van der Waals surface area contributed by atoms with Crippen LogP contribution in [0, 0.1) is 5.41 Å². The number of thiophene rings is 1. The SMILES string of the molecule is COC(C(=O)Cc1ccc(Cl)s1)C(C)(C)C. The smallest absolute Gasteiger partial charge is 0.167 e. The molecule has 90 valence electrons. The van der Waals surface area contributed by atoms with Crippen molar-refractivity contribution in [2.45, 2.75) is 33.3 Å². The number of carbonyl (C=O) groups is 1. The zero-order chi connectivity index (χ0) is 12.3. The van der Waals surface area contributed by atoms with E-state index in [9.17, 15) is 4.79 Å². The molecule has 0 spiro atoms. The molecular weight excluding hydrogens is 244 g/mol. The molecule has 0 amide bonds. The number of ketones is 1. The van der Waals surface area contributed by atoms with Gasteiger partial charge in [0.25, 0.3) is 0 Å². The van der Waals surface area contributed by atoms with Gasteiger partial charge in [0, 0.05) is 18.4 Å². The summed E-state index contributed by atoms with van der Waals surface area (Å²) >= 11 is 7.27. The third-order valence-electron chi connectivity index (χ3n) is 2.29. The Hall–Kier alpha value is -0.380. The van der Waals surface area contributed by atoms with Crippen LogP contribution in [0.15, 0.2) is 12.1 Å². The molecule has 0 saturated carbocycles. The first-order valence-corrected chi connectivity index (χ1v) is 6.33. The minimum atomic E-state index is -0.367. The van der Waals surface area contributed by atoms with Crippen LogP contribution in [0.2, 0.25) is 4.34 Å². The van der Waals surface area contributed by atoms with E-state index in [-0.39, 0.29) is 17.3 Å². The number of ether oxygens (including phenoxy) is 1. The maximum absolute atomic E-state index is 12.0. The van der Waals surface area contributed by atoms with Gasteiger partial charge in [-0.05, 0) is 17.5 Å². The van der Waals surface area contributed by atoms with Gasteiger partial charge in [0.2, 0.25) is 0 Å². The van der Waals surface area contributed by atoms with E-state index in [0.29, 0.717) is 10.8 Å². The Labute approximate surface area is 106 Å². The van der Waals surface area contributed by atoms with E-state index in [1.165, 1.54) is 11.3 Å². The van der Waals surface area contributed by atoms with E-state index < -0.39 is 0 Å². The molecule has 1 rings (SSSR count). The number of hydrogen-bond donors (Lipinski definition) is 0. The minimum absolute atomic E-state index is 0.105. The second-order valence-electron chi connectivity index (χ2n) is 4.83. The summed E-state index contributed by atoms with van der Waals surface area (Å²) in [6.45, 7) is 6.00. The second-order valence-corrected chi connectivity index (χ2v) is 6.63. The third-order valence-corrected chi connectivity index (χ3v) is 3.52. The molecule has 0 aliphatic carbocycles. The van der Waals surface area contributed by atoms with Crippen molar-refractivity contribution in [1.82, 2.24) is 0 Å². The van der Waals surface area contributed by atoms with Crippen molar-refractivity contribution in [3.05, 3.63) is 21.3 Å². The van der Waals surface area contributed by atoms with Gasteiger partial charge in [-0.15, -0.1) is 11.3 Å². The van der Waals surface area contributed by atoms with Crippen LogP contribution in [0.25, 0.3) is 0 Å². The van der Waals surface area contributed by atoms with Crippen molar-refractivity contribution in [3.8, 4) is 0 Å². The molecule has 0 aliphatic rings. The van der Waals surface area contributed by atoms with Gasteiger partial charge in [-0.1, -0.05) is 32.4 Å². The molecule has 1 aromatic heterocycles. The van der Waals surface area contributed by atoms with Gasteiger partial charge in [-0.25, -0.2) is 0 Å². The van der Waals surface area contributed by atoms with E-state index in [1.54, 1.807) is 7.11 Å². The fraction of sp³-hybridized carbons (Fsp3) is 0.583. The summed E-state index contributed by atoms with van der Waals surface area (Å²) < 4.78 is 5.99. The Morgan fingerprint density at radius 3 is 2.50 bits per heavy atom. The molecule has 0 fully saturated rings. The van der Waals surface area contributed by atoms with Crippen molar-refractivity contribution in [2.24, 2.45) is 5.41 Å². The Morgan fingerprint density at radius 2 is 2.12 bits per heavy atom. The molecule has 0 bridgehead atoms. The lowest BCUT2D eigenvalue weighted by molar-refractivity contribution is -0.134. The van der Waals surface area contributed by atoms with Crippen molar-refractivity contribution in [2.75, 3.05) is 7.11 Å². The molecule has 1 aromatic rings. The molecule has 2 nitrogen and oxygen atoms in total. The predicted molar refractivity (Wildman–Crippen MR) is 68.3 cm³/mol. The molecule has 1 atom stereocenters. The Morgan fingerprint density at radius 1 is 1.50 bits per heavy atom. The van der Waals surface area contributed by atoms with Crippen LogP contribution in [-0.4, -0.2) is 19.0 Å². The first-order valence-electron chi connectivity index (χ1n) is 5.14. The third kappa shape index (κ3) is 3.58. The highest BCUT2D eigenvalue weighted by molar-refractivity contribution is 7.16. The van der Waals surface area contributed by atoms with Crippen LogP contribution in [0.1, 0.15) is 25.6 Å². The largest absolute Gasteiger partial charge is 0.373 e. The van der Waals surface area contributed by atoms with Crippen molar-refractivity contribution in [1.29, 1.82) is 0 Å². The van der Waals surface area contributed by atoms with E-state index in [1.807, 2.05) is 32.9 Å². The summed E-state index contributed by atoms with van der Waals surface area (Å²) in [6.07, 6.45) is 0.0288. The summed E-state index contributed by atoms with van der Waals surface area (Å²) in [5, 5.41) is 0. The van der Waals surface area contributed by atoms with Crippen LogP contribution in [-0.2, 0) is 16.0 Å². The van der Waals surface area contributed by atoms with Gasteiger partial charge in [0.15, 0.2) is 5.78 Å². The highest BCUT2D eigenvalue weighted by Crippen LogP contribution is 2.26. The standard InChI is InChI=1S/C12H17ClO2S/c1-12(2,3)11(15-4)9(14)7-8-5-6-10(13)16-8/h5-6,11H,7H2,1-4H3. The monoisotopic (exact) mass is 260 g/mol. The van der Waals surface area contributed by atoms with Crippen molar-refractivity contribution >= 4 is 28.7 Å². The van der Waals surface area contributed by atoms with Crippen LogP contribution < -0.4 is 0 Å². The molecule has 1 heterocycles. The van der Waals surface area contributed by atoms with Gasteiger partial charge in [-0.3, -0.25) is 4.79 Å². The number of rotatable bonds is 4. The van der Waals surface area contributed by atoms with Crippen LogP contribution in [0.3, 0.4) is 0 Å². The molecule has 0 N–H and O–H groups in total. The molecule has 4 heteroatoms. The van der Waals surface area contributed by atoms with Gasteiger partial charge < -0.3 is 4.74 Å². The van der Waals surface area contributed by atoms with E-state index in [0.717, 1.165) is 4.88 Å². The summed E-state index contributed by atoms with van der Waals surface area (Å²) in [7, 11) is 1.58. The topological polar surface area (TPSA) is 26.3 Å². The quantitative estimate of drug-likeness (QED) is 0.827. The molecule has 0 radical (unpaired) electrons. The first kappa shape index (κ1) is 13.7. The number of carbonyl (C=O) groups excluding carboxylic acids is 1. The lowest BCUT2D eigenvalue weighted by atomic mass is 9.85. The number of halogens is 1. The van der Waals surface area contributed by atoms with Gasteiger partial charge >= 0.3 is 0 Å². The fourth-order valence-corrected chi connectivity index (χ4v) is 2.78. The first-order chi connectivity index (χ1) is 7.34. The fourth-order valence-electron chi connectivity index (χ4n) is 1.68. The summed E-state index contributed by atoms with van der Waals surface area (Å²) in [4.78, 5) is 13.0. The average molecular weight is 261 g/mol. The second kappa shape index (κ2) is 5.30. The normalized spacial score (nSPS) is 13.8. The van der Waals surface area contributed by atoms with Gasteiger partial charge in [0.05, 0.1) is 4.34 Å². The molecule has 1 unspecified atom stereocenters. The summed E-state index contributed by atoms with van der Waals surface area (Å²) in [5.41, 5.74) is -0.174. The Balaban J connectivity index is 2.71. The van der Waals surface area contributed by atoms with E-state index >= 15 is 0 Å². The van der Waals surface area contributed by atoms with Crippen molar-refractivity contribution < 1.29 is 9.53 Å². The molecule has 16 heavy (non-hydrogen) atoms. The van der Waals surface area contributed by atoms with E-state index in [4.69, 9.17) is 16.3 Å². The minimum Gasteiger partial charge on any atom is -0.373 e. The Bertz CT molecular complexity index is 365. The highest BCUT2D eigenvalue weighted by atomic mass is 35.5. The van der Waals surface area contributed by atoms with Gasteiger partial charge in [0.1, 0.15) is 6.10 Å².